The lowest BCUT2D eigenvalue weighted by Gasteiger charge is -2.58. The molecule has 4 aliphatic rings. The molecule has 0 saturated heterocycles. The third-order valence-corrected chi connectivity index (χ3v) is 12.9. The zero-order chi connectivity index (χ0) is 34.3. The number of ether oxygens (including phenoxy) is 5. The maximum atomic E-state index is 13.5. The second-order valence-corrected chi connectivity index (χ2v) is 16.0. The molecule has 1 aromatic carbocycles. The summed E-state index contributed by atoms with van der Waals surface area (Å²) in [7, 11) is 0. The molecule has 0 aliphatic heterocycles. The fourth-order valence-corrected chi connectivity index (χ4v) is 10.4. The van der Waals surface area contributed by atoms with Crippen LogP contribution in [-0.2, 0) is 14.2 Å². The molecule has 1 aromatic rings. The van der Waals surface area contributed by atoms with E-state index in [2.05, 4.69) is 53.9 Å². The van der Waals surface area contributed by atoms with Crippen molar-refractivity contribution in [2.24, 2.45) is 46.3 Å². The van der Waals surface area contributed by atoms with E-state index in [0.29, 0.717) is 48.9 Å². The molecule has 3 fully saturated rings. The number of carbonyl (C=O) groups excluding carboxylic acids is 1. The van der Waals surface area contributed by atoms with Crippen LogP contribution in [0.1, 0.15) is 116 Å². The molecular weight excluding hydrogens is 600 g/mol. The summed E-state index contributed by atoms with van der Waals surface area (Å²) in [6, 6.07) is 5.21. The molecule has 4 aliphatic carbocycles. The summed E-state index contributed by atoms with van der Waals surface area (Å²) in [5.41, 5.74) is 2.70. The zero-order valence-corrected chi connectivity index (χ0v) is 30.5. The fraction of sp³-hybridized carbons (Fsp3) is 0.690. The minimum Gasteiger partial charge on any atom is -0.498 e. The highest BCUT2D eigenvalue weighted by atomic mass is 16.6. The van der Waals surface area contributed by atoms with Crippen molar-refractivity contribution < 1.29 is 28.5 Å². The second-order valence-electron chi connectivity index (χ2n) is 16.0. The lowest BCUT2D eigenvalue weighted by molar-refractivity contribution is -0.0594. The predicted octanol–water partition coefficient (Wildman–Crippen LogP) is 10.3. The number of hydrogen-bond donors (Lipinski definition) is 0. The molecule has 0 amide bonds. The lowest BCUT2D eigenvalue weighted by Crippen LogP contribution is -2.51. The Morgan fingerprint density at radius 3 is 2.33 bits per heavy atom. The third kappa shape index (κ3) is 7.94. The molecule has 48 heavy (non-hydrogen) atoms. The van der Waals surface area contributed by atoms with Crippen LogP contribution in [0, 0.1) is 46.3 Å². The van der Waals surface area contributed by atoms with E-state index in [1.165, 1.54) is 69.5 Å². The third-order valence-electron chi connectivity index (χ3n) is 12.9. The first kappa shape index (κ1) is 36.4. The molecular formula is C42H62O6. The van der Waals surface area contributed by atoms with Crippen molar-refractivity contribution in [2.45, 2.75) is 111 Å². The molecule has 0 bridgehead atoms. The van der Waals surface area contributed by atoms with Crippen LogP contribution in [0.2, 0.25) is 0 Å². The Bertz CT molecular complexity index is 1280. The monoisotopic (exact) mass is 662 g/mol. The van der Waals surface area contributed by atoms with Gasteiger partial charge in [0.2, 0.25) is 0 Å². The molecule has 8 unspecified atom stereocenters. The topological polar surface area (TPSA) is 63.2 Å². The van der Waals surface area contributed by atoms with Gasteiger partial charge in [-0.2, -0.15) is 0 Å². The van der Waals surface area contributed by atoms with E-state index < -0.39 is 0 Å². The largest absolute Gasteiger partial charge is 0.498 e. The molecule has 0 N–H and O–H groups in total. The van der Waals surface area contributed by atoms with Crippen LogP contribution in [0.5, 0.6) is 11.5 Å². The van der Waals surface area contributed by atoms with E-state index in [0.717, 1.165) is 54.8 Å². The van der Waals surface area contributed by atoms with Crippen LogP contribution in [0.15, 0.2) is 55.5 Å². The van der Waals surface area contributed by atoms with Crippen LogP contribution in [0.3, 0.4) is 0 Å². The van der Waals surface area contributed by atoms with E-state index in [1.807, 2.05) is 0 Å². The van der Waals surface area contributed by atoms with Gasteiger partial charge in [-0.1, -0.05) is 78.7 Å². The van der Waals surface area contributed by atoms with Crippen LogP contribution in [-0.4, -0.2) is 38.5 Å². The quantitative estimate of drug-likeness (QED) is 0.0716. The molecule has 0 radical (unpaired) electrons. The van der Waals surface area contributed by atoms with Crippen molar-refractivity contribution in [3.05, 3.63) is 61.1 Å². The van der Waals surface area contributed by atoms with Crippen LogP contribution >= 0.6 is 0 Å². The van der Waals surface area contributed by atoms with Crippen molar-refractivity contribution in [3.8, 4) is 11.5 Å². The van der Waals surface area contributed by atoms with Gasteiger partial charge in [-0.3, -0.25) is 0 Å². The van der Waals surface area contributed by atoms with Crippen molar-refractivity contribution >= 4 is 5.97 Å². The van der Waals surface area contributed by atoms with Crippen LogP contribution in [0.25, 0.3) is 0 Å². The number of rotatable bonds is 17. The summed E-state index contributed by atoms with van der Waals surface area (Å²) in [5, 5.41) is 0. The molecule has 6 heteroatoms. The first-order valence-electron chi connectivity index (χ1n) is 18.9. The molecule has 6 nitrogen and oxygen atoms in total. The van der Waals surface area contributed by atoms with Gasteiger partial charge in [-0.05, 0) is 109 Å². The van der Waals surface area contributed by atoms with Gasteiger partial charge in [0.05, 0.1) is 18.1 Å². The van der Waals surface area contributed by atoms with Gasteiger partial charge in [-0.25, -0.2) is 4.79 Å². The van der Waals surface area contributed by atoms with Gasteiger partial charge in [-0.15, -0.1) is 0 Å². The molecule has 0 aromatic heterocycles. The van der Waals surface area contributed by atoms with Crippen molar-refractivity contribution in [3.63, 3.8) is 0 Å². The van der Waals surface area contributed by atoms with Gasteiger partial charge in [0, 0.05) is 6.42 Å². The SMILES string of the molecule is C=COCCOc1ccc(C(=O)OC2CCC3(C)C(=CCC4C3CCC3(C)C(C(C)CCCC(C)C)CCC43)C2)cc1OCCOC=C. The summed E-state index contributed by atoms with van der Waals surface area (Å²) in [5.74, 6) is 5.59. The second kappa shape index (κ2) is 16.2. The highest BCUT2D eigenvalue weighted by Crippen LogP contribution is 2.67. The molecule has 0 spiro atoms. The molecule has 8 atom stereocenters. The highest BCUT2D eigenvalue weighted by Gasteiger charge is 2.59. The highest BCUT2D eigenvalue weighted by molar-refractivity contribution is 5.90. The Kier molecular flexibility index (Phi) is 12.3. The predicted molar refractivity (Wildman–Crippen MR) is 192 cm³/mol. The Balaban J connectivity index is 1.21. The van der Waals surface area contributed by atoms with E-state index >= 15 is 0 Å². The Morgan fingerprint density at radius 2 is 1.62 bits per heavy atom. The van der Waals surface area contributed by atoms with Crippen LogP contribution < -0.4 is 9.47 Å². The maximum Gasteiger partial charge on any atom is 0.338 e. The van der Waals surface area contributed by atoms with Gasteiger partial charge >= 0.3 is 5.97 Å². The van der Waals surface area contributed by atoms with Gasteiger partial charge in [0.25, 0.3) is 0 Å². The van der Waals surface area contributed by atoms with Gasteiger partial charge < -0.3 is 23.7 Å². The molecule has 5 rings (SSSR count). The van der Waals surface area contributed by atoms with Crippen molar-refractivity contribution in [1.29, 1.82) is 0 Å². The number of allylic oxidation sites excluding steroid dienone is 1. The van der Waals surface area contributed by atoms with E-state index in [-0.39, 0.29) is 17.5 Å². The summed E-state index contributed by atoms with van der Waals surface area (Å²) in [4.78, 5) is 13.5. The first-order valence-corrected chi connectivity index (χ1v) is 18.9. The number of benzene rings is 1. The average Bonchev–Trinajstić information content (AvgIpc) is 3.42. The number of hydrogen-bond acceptors (Lipinski definition) is 6. The summed E-state index contributed by atoms with van der Waals surface area (Å²) in [6.45, 7) is 20.9. The Morgan fingerprint density at radius 1 is 0.896 bits per heavy atom. The summed E-state index contributed by atoms with van der Waals surface area (Å²) < 4.78 is 28.3. The average molecular weight is 663 g/mol. The minimum atomic E-state index is -0.320. The summed E-state index contributed by atoms with van der Waals surface area (Å²) >= 11 is 0. The van der Waals surface area contributed by atoms with Gasteiger partial charge in [0.15, 0.2) is 11.5 Å². The standard InChI is InChI=1S/C42H62O6/c1-8-44-23-25-46-38-18-13-31(27-39(38)47-26-24-45-9-2)40(43)48-33-19-21-41(6)32(28-33)14-15-34-36-17-16-35(30(5)12-10-11-29(3)4)42(36,7)22-20-37(34)41/h8-9,13-14,18,27,29-30,33-37H,1-2,10-12,15-17,19-26,28H2,3-7H3. The van der Waals surface area contributed by atoms with E-state index in [9.17, 15) is 4.79 Å². The van der Waals surface area contributed by atoms with Crippen molar-refractivity contribution in [2.75, 3.05) is 26.4 Å². The normalized spacial score (nSPS) is 31.4. The maximum absolute atomic E-state index is 13.5. The Labute approximate surface area is 290 Å². The number of carbonyl (C=O) groups is 1. The zero-order valence-electron chi connectivity index (χ0n) is 30.5. The van der Waals surface area contributed by atoms with Gasteiger partial charge in [0.1, 0.15) is 32.5 Å². The first-order chi connectivity index (χ1) is 23.1. The lowest BCUT2D eigenvalue weighted by atomic mass is 9.47. The molecule has 3 saturated carbocycles. The molecule has 0 heterocycles. The number of esters is 1. The molecule has 266 valence electrons. The number of fused-ring (bicyclic) bond motifs is 5. The van der Waals surface area contributed by atoms with Crippen molar-refractivity contribution in [1.82, 2.24) is 0 Å². The van der Waals surface area contributed by atoms with E-state index in [4.69, 9.17) is 23.7 Å². The Hall–Kier alpha value is -2.89. The fourth-order valence-electron chi connectivity index (χ4n) is 10.4. The van der Waals surface area contributed by atoms with E-state index in [1.54, 1.807) is 18.2 Å². The smallest absolute Gasteiger partial charge is 0.338 e. The summed E-state index contributed by atoms with van der Waals surface area (Å²) in [6.07, 6.45) is 19.0. The minimum absolute atomic E-state index is 0.109. The van der Waals surface area contributed by atoms with Crippen LogP contribution in [0.4, 0.5) is 0 Å².